The molecule has 0 aliphatic rings. The van der Waals surface area contributed by atoms with Crippen molar-refractivity contribution >= 4 is 34.6 Å². The van der Waals surface area contributed by atoms with E-state index in [1.807, 2.05) is 0 Å². The number of benzene rings is 1. The molecule has 0 unspecified atom stereocenters. The third-order valence-electron chi connectivity index (χ3n) is 2.22. The molecule has 10 heteroatoms. The number of hydrogen-bond donors (Lipinski definition) is 2. The molecule has 5 nitrogen and oxygen atoms in total. The van der Waals surface area contributed by atoms with Gasteiger partial charge in [-0.25, -0.2) is 0 Å². The van der Waals surface area contributed by atoms with E-state index in [0.717, 1.165) is 0 Å². The third kappa shape index (κ3) is 2.86. The minimum Gasteiger partial charge on any atom is -0.292 e. The van der Waals surface area contributed by atoms with E-state index >= 15 is 0 Å². The van der Waals surface area contributed by atoms with Crippen molar-refractivity contribution in [1.29, 1.82) is 0 Å². The Balaban J connectivity index is 2.48. The summed E-state index contributed by atoms with van der Waals surface area (Å²) in [6.07, 6.45) is -4.77. The van der Waals surface area contributed by atoms with Crippen LogP contribution < -0.4 is 5.56 Å². The van der Waals surface area contributed by atoms with Gasteiger partial charge in [0.1, 0.15) is 5.69 Å². The molecule has 106 valence electrons. The van der Waals surface area contributed by atoms with Crippen LogP contribution in [0, 0.1) is 0 Å². The maximum atomic E-state index is 12.6. The van der Waals surface area contributed by atoms with Crippen molar-refractivity contribution < 1.29 is 13.2 Å². The number of alkyl halides is 3. The molecule has 0 spiro atoms. The Labute approximate surface area is 119 Å². The average molecular weight is 325 g/mol. The van der Waals surface area contributed by atoms with Crippen LogP contribution in [0.3, 0.4) is 0 Å². The van der Waals surface area contributed by atoms with Gasteiger partial charge in [0.25, 0.3) is 5.56 Å². The lowest BCUT2D eigenvalue weighted by molar-refractivity contribution is -0.140. The topological polar surface area (TPSA) is 73.4 Å². The predicted molar refractivity (Wildman–Crippen MR) is 67.1 cm³/mol. The van der Waals surface area contributed by atoms with Gasteiger partial charge in [-0.3, -0.25) is 15.0 Å². The molecular weight excluding hydrogens is 320 g/mol. The van der Waals surface area contributed by atoms with Gasteiger partial charge in [-0.15, -0.1) is 10.2 Å². The lowest BCUT2D eigenvalue weighted by atomic mass is 10.3. The molecule has 0 saturated heterocycles. The Hall–Kier alpha value is -1.80. The van der Waals surface area contributed by atoms with Gasteiger partial charge < -0.3 is 0 Å². The Kier molecular flexibility index (Phi) is 3.87. The molecule has 0 aliphatic heterocycles. The maximum absolute atomic E-state index is 12.6. The summed E-state index contributed by atoms with van der Waals surface area (Å²) >= 11 is 11.6. The number of halogens is 5. The van der Waals surface area contributed by atoms with E-state index in [-0.39, 0.29) is 15.7 Å². The average Bonchev–Trinajstić information content (AvgIpc) is 2.70. The zero-order valence-corrected chi connectivity index (χ0v) is 10.9. The lowest BCUT2D eigenvalue weighted by Crippen LogP contribution is -2.06. The highest BCUT2D eigenvalue weighted by Gasteiger charge is 2.37. The minimum absolute atomic E-state index is 0.0236. The highest BCUT2D eigenvalue weighted by atomic mass is 35.5. The number of rotatable bonds is 2. The summed E-state index contributed by atoms with van der Waals surface area (Å²) < 4.78 is 37.8. The number of azo groups is 1. The summed E-state index contributed by atoms with van der Waals surface area (Å²) in [6.45, 7) is 0. The second-order valence-electron chi connectivity index (χ2n) is 3.57. The van der Waals surface area contributed by atoms with Crippen LogP contribution in [0.1, 0.15) is 5.69 Å². The van der Waals surface area contributed by atoms with Crippen molar-refractivity contribution in [3.8, 4) is 0 Å². The predicted octanol–water partition coefficient (Wildman–Crippen LogP) is 4.44. The largest absolute Gasteiger partial charge is 0.435 e. The Morgan fingerprint density at radius 1 is 1.00 bits per heavy atom. The van der Waals surface area contributed by atoms with E-state index < -0.39 is 23.1 Å². The Bertz CT molecular complexity index is 700. The highest BCUT2D eigenvalue weighted by molar-refractivity contribution is 6.38. The summed E-state index contributed by atoms with van der Waals surface area (Å²) in [5, 5.41) is 10.5. The van der Waals surface area contributed by atoms with Gasteiger partial charge >= 0.3 is 6.18 Å². The van der Waals surface area contributed by atoms with Crippen LogP contribution in [-0.4, -0.2) is 10.2 Å². The van der Waals surface area contributed by atoms with Crippen molar-refractivity contribution in [2.45, 2.75) is 6.18 Å². The van der Waals surface area contributed by atoms with Crippen molar-refractivity contribution in [3.05, 3.63) is 44.3 Å². The van der Waals surface area contributed by atoms with E-state index in [2.05, 4.69) is 10.2 Å². The van der Waals surface area contributed by atoms with Crippen LogP contribution in [0.4, 0.5) is 24.5 Å². The quantitative estimate of drug-likeness (QED) is 0.787. The number of nitrogens with zero attached hydrogens (tertiary/aromatic N) is 2. The highest BCUT2D eigenvalue weighted by Crippen LogP contribution is 2.36. The van der Waals surface area contributed by atoms with Crippen LogP contribution >= 0.6 is 23.2 Å². The molecule has 0 amide bonds. The van der Waals surface area contributed by atoms with Gasteiger partial charge in [-0.05, 0) is 12.1 Å². The molecule has 0 bridgehead atoms. The molecular formula is C10H5Cl2F3N4O. The van der Waals surface area contributed by atoms with E-state index in [9.17, 15) is 18.0 Å². The summed E-state index contributed by atoms with van der Waals surface area (Å²) in [7, 11) is 0. The normalized spacial score (nSPS) is 12.2. The molecule has 2 N–H and O–H groups in total. The van der Waals surface area contributed by atoms with Crippen LogP contribution in [-0.2, 0) is 6.18 Å². The van der Waals surface area contributed by atoms with Crippen LogP contribution in [0.25, 0.3) is 0 Å². The molecule has 1 aromatic carbocycles. The van der Waals surface area contributed by atoms with Gasteiger partial charge in [-0.1, -0.05) is 29.3 Å². The molecule has 1 aromatic heterocycles. The molecule has 0 aliphatic carbocycles. The van der Waals surface area contributed by atoms with Crippen molar-refractivity contribution in [2.75, 3.05) is 0 Å². The van der Waals surface area contributed by atoms with E-state index in [4.69, 9.17) is 23.2 Å². The molecule has 2 rings (SSSR count). The maximum Gasteiger partial charge on any atom is 0.435 e. The monoisotopic (exact) mass is 324 g/mol. The standard InChI is InChI=1S/C10H5Cl2F3N4O/c11-4-2-1-3-5(12)6(4)16-17-7-8(10(13,14)15)18-19-9(7)20/h1-3H,(H2,18,19,20). The number of aromatic amines is 2. The molecule has 0 fully saturated rings. The third-order valence-corrected chi connectivity index (χ3v) is 2.83. The SMILES string of the molecule is O=c1[nH][nH]c(C(F)(F)F)c1N=Nc1c(Cl)cccc1Cl. The van der Waals surface area contributed by atoms with Crippen molar-refractivity contribution in [2.24, 2.45) is 10.2 Å². The molecule has 1 heterocycles. The first kappa shape index (κ1) is 14.6. The summed E-state index contributed by atoms with van der Waals surface area (Å²) in [5.74, 6) is 0. The van der Waals surface area contributed by atoms with E-state index in [1.54, 1.807) is 10.2 Å². The number of nitrogens with one attached hydrogen (secondary N) is 2. The van der Waals surface area contributed by atoms with Crippen LogP contribution in [0.2, 0.25) is 10.0 Å². The second-order valence-corrected chi connectivity index (χ2v) is 4.39. The van der Waals surface area contributed by atoms with Gasteiger partial charge in [-0.2, -0.15) is 13.2 Å². The van der Waals surface area contributed by atoms with Crippen molar-refractivity contribution in [1.82, 2.24) is 10.2 Å². The summed E-state index contributed by atoms with van der Waals surface area (Å²) in [5.41, 5.74) is -3.29. The van der Waals surface area contributed by atoms with Gasteiger partial charge in [0.15, 0.2) is 11.4 Å². The first-order chi connectivity index (χ1) is 9.30. The zero-order valence-electron chi connectivity index (χ0n) is 9.42. The van der Waals surface area contributed by atoms with Gasteiger partial charge in [0, 0.05) is 0 Å². The summed E-state index contributed by atoms with van der Waals surface area (Å²) in [4.78, 5) is 11.3. The second kappa shape index (κ2) is 5.29. The van der Waals surface area contributed by atoms with Gasteiger partial charge in [0.2, 0.25) is 0 Å². The van der Waals surface area contributed by atoms with Gasteiger partial charge in [0.05, 0.1) is 10.0 Å². The smallest absolute Gasteiger partial charge is 0.292 e. The molecule has 0 saturated carbocycles. The Morgan fingerprint density at radius 3 is 2.10 bits per heavy atom. The number of aromatic nitrogens is 2. The van der Waals surface area contributed by atoms with E-state index in [0.29, 0.717) is 0 Å². The summed E-state index contributed by atoms with van der Waals surface area (Å²) in [6, 6.07) is 4.41. The molecule has 0 radical (unpaired) electrons. The molecule has 0 atom stereocenters. The fourth-order valence-electron chi connectivity index (χ4n) is 1.34. The zero-order chi connectivity index (χ0) is 14.9. The fourth-order valence-corrected chi connectivity index (χ4v) is 1.81. The van der Waals surface area contributed by atoms with Crippen LogP contribution in [0.15, 0.2) is 33.2 Å². The van der Waals surface area contributed by atoms with Crippen molar-refractivity contribution in [3.63, 3.8) is 0 Å². The lowest BCUT2D eigenvalue weighted by Gasteiger charge is -2.03. The number of hydrogen-bond acceptors (Lipinski definition) is 3. The molecule has 20 heavy (non-hydrogen) atoms. The Morgan fingerprint density at radius 2 is 1.55 bits per heavy atom. The van der Waals surface area contributed by atoms with E-state index in [1.165, 1.54) is 18.2 Å². The molecule has 2 aromatic rings. The first-order valence-corrected chi connectivity index (χ1v) is 5.80. The van der Waals surface area contributed by atoms with Crippen LogP contribution in [0.5, 0.6) is 0 Å². The fraction of sp³-hybridized carbons (Fsp3) is 0.100. The minimum atomic E-state index is -4.77. The first-order valence-electron chi connectivity index (χ1n) is 5.04. The number of H-pyrrole nitrogens is 2.